The first-order chi connectivity index (χ1) is 15.5. The van der Waals surface area contributed by atoms with Gasteiger partial charge in [0.25, 0.3) is 0 Å². The highest BCUT2D eigenvalue weighted by Gasteiger charge is 2.19. The molecule has 0 atom stereocenters. The highest BCUT2D eigenvalue weighted by molar-refractivity contribution is 7.71. The molecule has 5 aromatic rings. The first-order valence-electron chi connectivity index (χ1n) is 9.77. The van der Waals surface area contributed by atoms with Crippen LogP contribution in [0.25, 0.3) is 28.1 Å². The molecule has 0 amide bonds. The number of rotatable bonds is 5. The number of benzene rings is 3. The third-order valence-electron chi connectivity index (χ3n) is 5.07. The summed E-state index contributed by atoms with van der Waals surface area (Å²) in [7, 11) is 1.49. The van der Waals surface area contributed by atoms with Crippen LogP contribution in [-0.2, 0) is 6.54 Å². The molecule has 5 rings (SSSR count). The molecule has 0 spiro atoms. The van der Waals surface area contributed by atoms with Gasteiger partial charge in [0, 0.05) is 11.1 Å². The fraction of sp³-hybridized carbons (Fsp3) is 0.0870. The van der Waals surface area contributed by atoms with Gasteiger partial charge < -0.3 is 9.72 Å². The lowest BCUT2D eigenvalue weighted by atomic mass is 10.1. The molecule has 2 heterocycles. The minimum atomic E-state index is -0.399. The van der Waals surface area contributed by atoms with Gasteiger partial charge in [-0.25, -0.2) is 14.1 Å². The van der Waals surface area contributed by atoms with Gasteiger partial charge in [-0.05, 0) is 60.7 Å². The number of para-hydroxylation sites is 2. The summed E-state index contributed by atoms with van der Waals surface area (Å²) in [6.07, 6.45) is 0. The fourth-order valence-corrected chi connectivity index (χ4v) is 4.00. The van der Waals surface area contributed by atoms with Crippen molar-refractivity contribution in [2.24, 2.45) is 0 Å². The van der Waals surface area contributed by atoms with E-state index >= 15 is 0 Å². The number of H-pyrrole nitrogens is 1. The third kappa shape index (κ3) is 3.68. The van der Waals surface area contributed by atoms with Crippen LogP contribution in [0.15, 0.2) is 66.7 Å². The van der Waals surface area contributed by atoms with Gasteiger partial charge in [-0.1, -0.05) is 23.7 Å². The van der Waals surface area contributed by atoms with E-state index < -0.39 is 5.82 Å². The molecule has 160 valence electrons. The summed E-state index contributed by atoms with van der Waals surface area (Å²) >= 11 is 11.9. The van der Waals surface area contributed by atoms with E-state index in [1.54, 1.807) is 22.9 Å². The molecular formula is C23H17ClFN5OS. The number of nitrogens with one attached hydrogen (secondary N) is 1. The Balaban J connectivity index is 1.68. The molecule has 0 bridgehead atoms. The van der Waals surface area contributed by atoms with Crippen molar-refractivity contribution in [2.75, 3.05) is 7.11 Å². The molecule has 6 nitrogen and oxygen atoms in total. The van der Waals surface area contributed by atoms with Gasteiger partial charge in [-0.15, -0.1) is 0 Å². The van der Waals surface area contributed by atoms with Crippen molar-refractivity contribution in [3.05, 3.63) is 88.2 Å². The van der Waals surface area contributed by atoms with Crippen LogP contribution in [0.4, 0.5) is 4.39 Å². The van der Waals surface area contributed by atoms with Gasteiger partial charge in [0.1, 0.15) is 23.9 Å². The molecule has 0 unspecified atom stereocenters. The number of fused-ring (bicyclic) bond motifs is 1. The molecule has 1 N–H and O–H groups in total. The maximum atomic E-state index is 13.8. The Kier molecular flexibility index (Phi) is 5.24. The lowest BCUT2D eigenvalue weighted by Gasteiger charge is -2.10. The number of methoxy groups -OCH3 is 1. The monoisotopic (exact) mass is 465 g/mol. The van der Waals surface area contributed by atoms with Crippen molar-refractivity contribution in [3.63, 3.8) is 0 Å². The molecule has 0 radical (unpaired) electrons. The summed E-state index contributed by atoms with van der Waals surface area (Å²) in [5.74, 6) is 1.20. The molecule has 0 saturated carbocycles. The van der Waals surface area contributed by atoms with Crippen LogP contribution in [0.1, 0.15) is 5.82 Å². The van der Waals surface area contributed by atoms with Crippen molar-refractivity contribution in [2.45, 2.75) is 6.54 Å². The Morgan fingerprint density at radius 3 is 2.62 bits per heavy atom. The van der Waals surface area contributed by atoms with Gasteiger partial charge in [-0.3, -0.25) is 4.57 Å². The highest BCUT2D eigenvalue weighted by atomic mass is 35.5. The van der Waals surface area contributed by atoms with Crippen molar-refractivity contribution >= 4 is 34.9 Å². The number of imidazole rings is 1. The van der Waals surface area contributed by atoms with Crippen LogP contribution in [0, 0.1) is 10.6 Å². The van der Waals surface area contributed by atoms with Crippen LogP contribution >= 0.6 is 23.8 Å². The smallest absolute Gasteiger partial charge is 0.203 e. The zero-order valence-electron chi connectivity index (χ0n) is 16.9. The number of hydrogen-bond donors (Lipinski definition) is 1. The molecule has 0 saturated heterocycles. The number of nitrogens with zero attached hydrogens (tertiary/aromatic N) is 4. The van der Waals surface area contributed by atoms with E-state index in [0.717, 1.165) is 22.5 Å². The Bertz CT molecular complexity index is 1460. The van der Waals surface area contributed by atoms with Gasteiger partial charge >= 0.3 is 0 Å². The lowest BCUT2D eigenvalue weighted by Crippen LogP contribution is -2.04. The average molecular weight is 466 g/mol. The molecule has 0 aliphatic carbocycles. The summed E-state index contributed by atoms with van der Waals surface area (Å²) < 4.78 is 23.2. The minimum Gasteiger partial charge on any atom is -0.496 e. The molecule has 9 heteroatoms. The van der Waals surface area contributed by atoms with Gasteiger partial charge in [0.15, 0.2) is 5.82 Å². The summed E-state index contributed by atoms with van der Waals surface area (Å²) in [4.78, 5) is 7.92. The quantitative estimate of drug-likeness (QED) is 0.333. The van der Waals surface area contributed by atoms with Crippen LogP contribution in [0.5, 0.6) is 5.75 Å². The average Bonchev–Trinajstić information content (AvgIpc) is 3.35. The van der Waals surface area contributed by atoms with Crippen LogP contribution < -0.4 is 4.74 Å². The van der Waals surface area contributed by atoms with E-state index in [1.807, 2.05) is 41.0 Å². The number of ether oxygens (including phenoxy) is 1. The highest BCUT2D eigenvalue weighted by Crippen LogP contribution is 2.32. The first kappa shape index (κ1) is 20.4. The molecule has 0 fully saturated rings. The second-order valence-corrected chi connectivity index (χ2v) is 7.92. The predicted molar refractivity (Wildman–Crippen MR) is 125 cm³/mol. The Morgan fingerprint density at radius 2 is 1.88 bits per heavy atom. The number of aromatic amines is 1. The van der Waals surface area contributed by atoms with Crippen LogP contribution in [0.3, 0.4) is 0 Å². The Hall–Kier alpha value is -3.49. The largest absolute Gasteiger partial charge is 0.496 e. The molecule has 32 heavy (non-hydrogen) atoms. The summed E-state index contributed by atoms with van der Waals surface area (Å²) in [5.41, 5.74) is 3.19. The zero-order chi connectivity index (χ0) is 22.2. The van der Waals surface area contributed by atoms with Crippen LogP contribution in [-0.4, -0.2) is 31.4 Å². The van der Waals surface area contributed by atoms with E-state index in [9.17, 15) is 4.39 Å². The molecular weight excluding hydrogens is 449 g/mol. The first-order valence-corrected chi connectivity index (χ1v) is 10.6. The van der Waals surface area contributed by atoms with E-state index in [1.165, 1.54) is 19.2 Å². The normalized spacial score (nSPS) is 11.2. The van der Waals surface area contributed by atoms with E-state index in [2.05, 4.69) is 9.97 Å². The molecule has 3 aromatic carbocycles. The predicted octanol–water partition coefficient (Wildman–Crippen LogP) is 5.80. The molecule has 2 aromatic heterocycles. The summed E-state index contributed by atoms with van der Waals surface area (Å²) in [5, 5.41) is 5.37. The summed E-state index contributed by atoms with van der Waals surface area (Å²) in [6, 6.07) is 19.4. The van der Waals surface area contributed by atoms with E-state index in [0.29, 0.717) is 33.5 Å². The maximum absolute atomic E-state index is 13.8. The third-order valence-corrected chi connectivity index (χ3v) is 5.71. The van der Waals surface area contributed by atoms with Crippen molar-refractivity contribution in [1.82, 2.24) is 24.3 Å². The van der Waals surface area contributed by atoms with Gasteiger partial charge in [-0.2, -0.15) is 5.10 Å². The SMILES string of the molecule is COc1cc(F)ccc1-c1nn(Cc2nc3ccccc3[nH]2)c(=S)n1-c1ccc(Cl)cc1. The zero-order valence-corrected chi connectivity index (χ0v) is 18.5. The topological polar surface area (TPSA) is 60.7 Å². The number of aromatic nitrogens is 5. The van der Waals surface area contributed by atoms with E-state index in [-0.39, 0.29) is 0 Å². The minimum absolute atomic E-state index is 0.338. The number of hydrogen-bond acceptors (Lipinski definition) is 4. The second kappa shape index (κ2) is 8.22. The van der Waals surface area contributed by atoms with Crippen LogP contribution in [0.2, 0.25) is 5.02 Å². The van der Waals surface area contributed by atoms with E-state index in [4.69, 9.17) is 33.7 Å². The van der Waals surface area contributed by atoms with Crippen molar-refractivity contribution in [3.8, 4) is 22.8 Å². The maximum Gasteiger partial charge on any atom is 0.203 e. The lowest BCUT2D eigenvalue weighted by molar-refractivity contribution is 0.412. The van der Waals surface area contributed by atoms with Gasteiger partial charge in [0.05, 0.1) is 29.4 Å². The second-order valence-electron chi connectivity index (χ2n) is 7.12. The van der Waals surface area contributed by atoms with Gasteiger partial charge in [0.2, 0.25) is 4.77 Å². The Morgan fingerprint density at radius 1 is 1.09 bits per heavy atom. The van der Waals surface area contributed by atoms with Crippen molar-refractivity contribution in [1.29, 1.82) is 0 Å². The summed E-state index contributed by atoms with van der Waals surface area (Å²) in [6.45, 7) is 0.338. The fourth-order valence-electron chi connectivity index (χ4n) is 3.58. The molecule has 0 aliphatic heterocycles. The molecule has 0 aliphatic rings. The number of halogens is 2. The Labute approximate surface area is 192 Å². The standard InChI is InChI=1S/C23H17ClFN5OS/c1-31-20-12-15(25)8-11-17(20)22-28-29(13-21-26-18-4-2-3-5-19(18)27-21)23(32)30(22)16-9-6-14(24)7-10-16/h2-12H,13H2,1H3,(H,26,27). The van der Waals surface area contributed by atoms with Crippen molar-refractivity contribution < 1.29 is 9.13 Å².